The first-order valence-corrected chi connectivity index (χ1v) is 9.11. The molecule has 0 radical (unpaired) electrons. The van der Waals surface area contributed by atoms with Crippen LogP contribution in [0.4, 0.5) is 0 Å². The van der Waals surface area contributed by atoms with E-state index in [2.05, 4.69) is 15.6 Å². The van der Waals surface area contributed by atoms with E-state index in [1.165, 1.54) is 10.9 Å². The highest BCUT2D eigenvalue weighted by atomic mass is 16.5. The maximum atomic E-state index is 12.7. The van der Waals surface area contributed by atoms with Crippen LogP contribution in [0.3, 0.4) is 0 Å². The largest absolute Gasteiger partial charge is 0.497 e. The minimum absolute atomic E-state index is 0.179. The van der Waals surface area contributed by atoms with Crippen molar-refractivity contribution >= 4 is 22.9 Å². The Bertz CT molecular complexity index is 1060. The molecule has 28 heavy (non-hydrogen) atoms. The predicted molar refractivity (Wildman–Crippen MR) is 109 cm³/mol. The first kappa shape index (κ1) is 19.3. The number of hydrogen-bond donors (Lipinski definition) is 1. The van der Waals surface area contributed by atoms with E-state index in [0.29, 0.717) is 17.3 Å². The molecule has 0 aliphatic carbocycles. The smallest absolute Gasteiger partial charge is 0.292 e. The summed E-state index contributed by atoms with van der Waals surface area (Å²) in [4.78, 5) is 25.3. The number of aromatic nitrogens is 2. The summed E-state index contributed by atoms with van der Waals surface area (Å²) in [5.41, 5.74) is 3.29. The lowest BCUT2D eigenvalue weighted by molar-refractivity contribution is 0.0949. The first-order chi connectivity index (χ1) is 13.6. The number of unbranched alkanes of at least 4 members (excludes halogenated alkanes) is 1. The van der Waals surface area contributed by atoms with E-state index < -0.39 is 5.91 Å². The summed E-state index contributed by atoms with van der Waals surface area (Å²) in [6.45, 7) is 2.50. The zero-order valence-corrected chi connectivity index (χ0v) is 15.9. The van der Waals surface area contributed by atoms with Gasteiger partial charge in [-0.2, -0.15) is 10.2 Å². The van der Waals surface area contributed by atoms with Crippen LogP contribution < -0.4 is 15.7 Å². The molecule has 0 fully saturated rings. The molecule has 1 N–H and O–H groups in total. The van der Waals surface area contributed by atoms with Gasteiger partial charge in [-0.25, -0.2) is 10.1 Å². The summed E-state index contributed by atoms with van der Waals surface area (Å²) >= 11 is 0. The Hall–Kier alpha value is -3.48. The highest BCUT2D eigenvalue weighted by molar-refractivity contribution is 6.04. The molecule has 0 saturated heterocycles. The third-order valence-corrected chi connectivity index (χ3v) is 4.30. The fraction of sp³-hybridized carbons (Fsp3) is 0.238. The third-order valence-electron chi connectivity index (χ3n) is 4.30. The maximum absolute atomic E-state index is 12.7. The van der Waals surface area contributed by atoms with Gasteiger partial charge < -0.3 is 4.74 Å². The molecule has 0 spiro atoms. The molecule has 0 aliphatic rings. The van der Waals surface area contributed by atoms with Gasteiger partial charge in [-0.15, -0.1) is 0 Å². The van der Waals surface area contributed by atoms with Crippen molar-refractivity contribution in [2.75, 3.05) is 7.11 Å². The van der Waals surface area contributed by atoms with Gasteiger partial charge in [-0.1, -0.05) is 31.5 Å². The van der Waals surface area contributed by atoms with Gasteiger partial charge in [-0.3, -0.25) is 9.59 Å². The molecule has 1 heterocycles. The number of benzene rings is 2. The van der Waals surface area contributed by atoms with E-state index in [9.17, 15) is 9.59 Å². The van der Waals surface area contributed by atoms with Crippen molar-refractivity contribution < 1.29 is 9.53 Å². The molecule has 1 aromatic heterocycles. The lowest BCUT2D eigenvalue weighted by Crippen LogP contribution is -2.29. The van der Waals surface area contributed by atoms with Gasteiger partial charge in [0.2, 0.25) is 0 Å². The average molecular weight is 378 g/mol. The molecule has 2 aromatic carbocycles. The summed E-state index contributed by atoms with van der Waals surface area (Å²) in [5.74, 6) is 0.275. The molecule has 0 atom stereocenters. The quantitative estimate of drug-likeness (QED) is 0.506. The van der Waals surface area contributed by atoms with Crippen LogP contribution in [-0.4, -0.2) is 29.0 Å². The minimum atomic E-state index is -0.466. The molecule has 7 heteroatoms. The molecular weight excluding hydrogens is 356 g/mol. The molecule has 0 saturated carbocycles. The summed E-state index contributed by atoms with van der Waals surface area (Å²) in [5, 5.41) is 9.27. The average Bonchev–Trinajstić information content (AvgIpc) is 2.74. The molecule has 0 aliphatic heterocycles. The Morgan fingerprint density at radius 2 is 1.89 bits per heavy atom. The number of carbonyl (C=O) groups is 1. The fourth-order valence-corrected chi connectivity index (χ4v) is 2.77. The standard InChI is InChI=1S/C21H22N4O3/c1-3-4-13-25-21(27)18-8-6-5-7-17(18)19(24-25)20(26)23-22-14-15-9-11-16(28-2)12-10-15/h5-12,14H,3-4,13H2,1-2H3,(H,23,26)/b22-14+. The predicted octanol–water partition coefficient (Wildman–Crippen LogP) is 2.97. The van der Waals surface area contributed by atoms with Crippen molar-refractivity contribution in [3.05, 3.63) is 70.1 Å². The molecule has 7 nitrogen and oxygen atoms in total. The van der Waals surface area contributed by atoms with Crippen LogP contribution in [0.25, 0.3) is 10.8 Å². The molecule has 0 bridgehead atoms. The Labute approximate surface area is 162 Å². The highest BCUT2D eigenvalue weighted by Gasteiger charge is 2.16. The van der Waals surface area contributed by atoms with Crippen LogP contribution in [0.1, 0.15) is 35.8 Å². The molecule has 0 unspecified atom stereocenters. The van der Waals surface area contributed by atoms with Crippen LogP contribution in [0, 0.1) is 0 Å². The van der Waals surface area contributed by atoms with Crippen LogP contribution in [-0.2, 0) is 6.54 Å². The number of nitrogens with zero attached hydrogens (tertiary/aromatic N) is 3. The molecule has 3 aromatic rings. The van der Waals surface area contributed by atoms with Gasteiger partial charge in [0, 0.05) is 11.9 Å². The lowest BCUT2D eigenvalue weighted by atomic mass is 10.1. The Morgan fingerprint density at radius 3 is 2.57 bits per heavy atom. The van der Waals surface area contributed by atoms with Gasteiger partial charge in [0.15, 0.2) is 5.69 Å². The summed E-state index contributed by atoms with van der Waals surface area (Å²) in [7, 11) is 1.60. The monoisotopic (exact) mass is 378 g/mol. The van der Waals surface area contributed by atoms with Crippen LogP contribution in [0.15, 0.2) is 58.4 Å². The number of aryl methyl sites for hydroxylation is 1. The summed E-state index contributed by atoms with van der Waals surface area (Å²) < 4.78 is 6.46. The van der Waals surface area contributed by atoms with Gasteiger partial charge in [0.25, 0.3) is 11.5 Å². The SMILES string of the molecule is CCCCn1nc(C(=O)N/N=C/c2ccc(OC)cc2)c2ccccc2c1=O. The van der Waals surface area contributed by atoms with E-state index in [4.69, 9.17) is 4.74 Å². The lowest BCUT2D eigenvalue weighted by Gasteiger charge is -2.09. The number of amides is 1. The zero-order valence-electron chi connectivity index (χ0n) is 15.9. The number of carbonyl (C=O) groups excluding carboxylic acids is 1. The van der Waals surface area contributed by atoms with Crippen LogP contribution in [0.5, 0.6) is 5.75 Å². The molecule has 144 valence electrons. The van der Waals surface area contributed by atoms with E-state index in [1.54, 1.807) is 31.4 Å². The van der Waals surface area contributed by atoms with Gasteiger partial charge in [-0.05, 0) is 42.3 Å². The number of nitrogens with one attached hydrogen (secondary N) is 1. The van der Waals surface area contributed by atoms with Crippen molar-refractivity contribution in [2.24, 2.45) is 5.10 Å². The summed E-state index contributed by atoms with van der Waals surface area (Å²) in [6, 6.07) is 14.2. The second-order valence-electron chi connectivity index (χ2n) is 6.25. The van der Waals surface area contributed by atoms with Crippen molar-refractivity contribution in [3.63, 3.8) is 0 Å². The number of hydrazone groups is 1. The van der Waals surface area contributed by atoms with E-state index in [0.717, 1.165) is 24.2 Å². The number of rotatable bonds is 7. The summed E-state index contributed by atoms with van der Waals surface area (Å²) in [6.07, 6.45) is 3.27. The number of ether oxygens (including phenoxy) is 1. The minimum Gasteiger partial charge on any atom is -0.497 e. The Balaban J connectivity index is 1.86. The maximum Gasteiger partial charge on any atom is 0.292 e. The first-order valence-electron chi connectivity index (χ1n) is 9.11. The number of fused-ring (bicyclic) bond motifs is 1. The normalized spacial score (nSPS) is 11.1. The van der Waals surface area contributed by atoms with E-state index in [-0.39, 0.29) is 11.3 Å². The zero-order chi connectivity index (χ0) is 19.9. The van der Waals surface area contributed by atoms with Crippen molar-refractivity contribution in [1.29, 1.82) is 0 Å². The molecule has 3 rings (SSSR count). The third kappa shape index (κ3) is 4.25. The van der Waals surface area contributed by atoms with Crippen molar-refractivity contribution in [3.8, 4) is 5.75 Å². The van der Waals surface area contributed by atoms with Gasteiger partial charge in [0.1, 0.15) is 5.75 Å². The number of hydrogen-bond acceptors (Lipinski definition) is 5. The van der Waals surface area contributed by atoms with Gasteiger partial charge in [0.05, 0.1) is 18.7 Å². The Kier molecular flexibility index (Phi) is 6.16. The van der Waals surface area contributed by atoms with Crippen molar-refractivity contribution in [1.82, 2.24) is 15.2 Å². The molecular formula is C21H22N4O3. The van der Waals surface area contributed by atoms with Gasteiger partial charge >= 0.3 is 0 Å². The second-order valence-corrected chi connectivity index (χ2v) is 6.25. The second kappa shape index (κ2) is 8.94. The molecule has 1 amide bonds. The van der Waals surface area contributed by atoms with Crippen LogP contribution in [0.2, 0.25) is 0 Å². The number of methoxy groups -OCH3 is 1. The fourth-order valence-electron chi connectivity index (χ4n) is 2.77. The highest BCUT2D eigenvalue weighted by Crippen LogP contribution is 2.14. The van der Waals surface area contributed by atoms with Crippen molar-refractivity contribution in [2.45, 2.75) is 26.3 Å². The van der Waals surface area contributed by atoms with Crippen LogP contribution >= 0.6 is 0 Å². The Morgan fingerprint density at radius 1 is 1.18 bits per heavy atom. The van der Waals surface area contributed by atoms with E-state index in [1.807, 2.05) is 31.2 Å². The topological polar surface area (TPSA) is 85.6 Å². The van der Waals surface area contributed by atoms with E-state index >= 15 is 0 Å².